The smallest absolute Gasteiger partial charge is 0.0136 e. The van der Waals surface area contributed by atoms with E-state index in [9.17, 15) is 0 Å². The summed E-state index contributed by atoms with van der Waals surface area (Å²) in [4.78, 5) is 0. The van der Waals surface area contributed by atoms with Crippen LogP contribution in [-0.2, 0) is 6.42 Å². The predicted molar refractivity (Wildman–Crippen MR) is 81.0 cm³/mol. The molecule has 3 rings (SSSR count). The first kappa shape index (κ1) is 12.7. The molecule has 1 fully saturated rings. The van der Waals surface area contributed by atoms with Crippen molar-refractivity contribution in [1.82, 2.24) is 5.32 Å². The standard InChI is InChI=1S/C18H23N/c1-2-7-15(8-3-1)9-6-14-19-18-13-12-16-10-4-5-11-17(16)18/h1-5,7-8,10-11,16-19H,6,9,12-14H2. The summed E-state index contributed by atoms with van der Waals surface area (Å²) in [5.41, 5.74) is 1.45. The van der Waals surface area contributed by atoms with Crippen molar-refractivity contribution < 1.29 is 0 Å². The Kier molecular flexibility index (Phi) is 4.14. The van der Waals surface area contributed by atoms with Crippen molar-refractivity contribution in [2.45, 2.75) is 31.7 Å². The minimum Gasteiger partial charge on any atom is -0.313 e. The second-order valence-electron chi connectivity index (χ2n) is 5.74. The van der Waals surface area contributed by atoms with E-state index in [-0.39, 0.29) is 0 Å². The molecule has 19 heavy (non-hydrogen) atoms. The Morgan fingerprint density at radius 3 is 2.74 bits per heavy atom. The zero-order valence-corrected chi connectivity index (χ0v) is 11.5. The second kappa shape index (κ2) is 6.21. The van der Waals surface area contributed by atoms with Gasteiger partial charge in [0.15, 0.2) is 0 Å². The fourth-order valence-corrected chi connectivity index (χ4v) is 3.42. The summed E-state index contributed by atoms with van der Waals surface area (Å²) in [6.07, 6.45) is 14.3. The summed E-state index contributed by atoms with van der Waals surface area (Å²) in [6.45, 7) is 1.14. The summed E-state index contributed by atoms with van der Waals surface area (Å²) >= 11 is 0. The van der Waals surface area contributed by atoms with Crippen LogP contribution in [0, 0.1) is 11.8 Å². The maximum absolute atomic E-state index is 3.77. The second-order valence-corrected chi connectivity index (χ2v) is 5.74. The van der Waals surface area contributed by atoms with E-state index in [0.717, 1.165) is 18.4 Å². The molecule has 1 aromatic rings. The highest BCUT2D eigenvalue weighted by Gasteiger charge is 2.32. The Morgan fingerprint density at radius 2 is 1.84 bits per heavy atom. The van der Waals surface area contributed by atoms with Crippen LogP contribution in [0.1, 0.15) is 24.8 Å². The van der Waals surface area contributed by atoms with E-state index in [1.807, 2.05) is 0 Å². The van der Waals surface area contributed by atoms with Crippen LogP contribution in [-0.4, -0.2) is 12.6 Å². The molecule has 100 valence electrons. The third-order valence-corrected chi connectivity index (χ3v) is 4.46. The van der Waals surface area contributed by atoms with Gasteiger partial charge in [0.1, 0.15) is 0 Å². The molecule has 3 atom stereocenters. The minimum atomic E-state index is 0.696. The molecule has 0 radical (unpaired) electrons. The number of aryl methyl sites for hydroxylation is 1. The monoisotopic (exact) mass is 253 g/mol. The topological polar surface area (TPSA) is 12.0 Å². The average molecular weight is 253 g/mol. The largest absolute Gasteiger partial charge is 0.313 e. The van der Waals surface area contributed by atoms with Crippen LogP contribution in [0.3, 0.4) is 0 Å². The van der Waals surface area contributed by atoms with Gasteiger partial charge in [-0.15, -0.1) is 0 Å². The van der Waals surface area contributed by atoms with Crippen molar-refractivity contribution >= 4 is 0 Å². The van der Waals surface area contributed by atoms with Crippen LogP contribution in [0.2, 0.25) is 0 Å². The van der Waals surface area contributed by atoms with Crippen molar-refractivity contribution in [2.75, 3.05) is 6.54 Å². The number of hydrogen-bond donors (Lipinski definition) is 1. The Labute approximate surface area is 116 Å². The number of rotatable bonds is 5. The molecule has 0 aromatic heterocycles. The van der Waals surface area contributed by atoms with Crippen molar-refractivity contribution in [3.8, 4) is 0 Å². The van der Waals surface area contributed by atoms with Gasteiger partial charge in [-0.2, -0.15) is 0 Å². The molecule has 3 unspecified atom stereocenters. The lowest BCUT2D eigenvalue weighted by Gasteiger charge is -2.22. The van der Waals surface area contributed by atoms with Gasteiger partial charge in [0, 0.05) is 6.04 Å². The highest BCUT2D eigenvalue weighted by Crippen LogP contribution is 2.35. The van der Waals surface area contributed by atoms with Gasteiger partial charge in [0.25, 0.3) is 0 Å². The molecule has 0 amide bonds. The number of nitrogens with one attached hydrogen (secondary N) is 1. The van der Waals surface area contributed by atoms with Crippen molar-refractivity contribution in [2.24, 2.45) is 11.8 Å². The fraction of sp³-hybridized carbons (Fsp3) is 0.444. The van der Waals surface area contributed by atoms with Crippen LogP contribution in [0.15, 0.2) is 54.6 Å². The van der Waals surface area contributed by atoms with E-state index in [1.165, 1.54) is 31.2 Å². The summed E-state index contributed by atoms with van der Waals surface area (Å²) in [7, 11) is 0. The summed E-state index contributed by atoms with van der Waals surface area (Å²) in [5.74, 6) is 1.53. The zero-order chi connectivity index (χ0) is 12.9. The van der Waals surface area contributed by atoms with E-state index >= 15 is 0 Å². The molecule has 0 aliphatic heterocycles. The third-order valence-electron chi connectivity index (χ3n) is 4.46. The Balaban J connectivity index is 1.41. The zero-order valence-electron chi connectivity index (χ0n) is 11.5. The maximum Gasteiger partial charge on any atom is 0.0136 e. The normalized spacial score (nSPS) is 28.5. The van der Waals surface area contributed by atoms with Gasteiger partial charge in [-0.05, 0) is 49.6 Å². The van der Waals surface area contributed by atoms with Crippen LogP contribution in [0.5, 0.6) is 0 Å². The van der Waals surface area contributed by atoms with Crippen LogP contribution >= 0.6 is 0 Å². The number of hydrogen-bond acceptors (Lipinski definition) is 1. The van der Waals surface area contributed by atoms with Crippen molar-refractivity contribution in [3.05, 3.63) is 60.2 Å². The van der Waals surface area contributed by atoms with Gasteiger partial charge in [-0.3, -0.25) is 0 Å². The lowest BCUT2D eigenvalue weighted by molar-refractivity contribution is 0.423. The molecule has 0 spiro atoms. The quantitative estimate of drug-likeness (QED) is 0.788. The minimum absolute atomic E-state index is 0.696. The number of fused-ring (bicyclic) bond motifs is 1. The van der Waals surface area contributed by atoms with Crippen LogP contribution in [0.4, 0.5) is 0 Å². The molecule has 0 bridgehead atoms. The molecular formula is C18H23N. The third kappa shape index (κ3) is 3.16. The van der Waals surface area contributed by atoms with Crippen molar-refractivity contribution in [1.29, 1.82) is 0 Å². The number of allylic oxidation sites excluding steroid dienone is 3. The van der Waals surface area contributed by atoms with Gasteiger partial charge in [-0.1, -0.05) is 54.6 Å². The summed E-state index contributed by atoms with van der Waals surface area (Å²) in [5, 5.41) is 3.77. The average Bonchev–Trinajstić information content (AvgIpc) is 2.88. The molecule has 1 N–H and O–H groups in total. The van der Waals surface area contributed by atoms with E-state index in [4.69, 9.17) is 0 Å². The van der Waals surface area contributed by atoms with Crippen LogP contribution < -0.4 is 5.32 Å². The van der Waals surface area contributed by atoms with E-state index in [0.29, 0.717) is 6.04 Å². The Hall–Kier alpha value is -1.34. The first-order valence-corrected chi connectivity index (χ1v) is 7.56. The Morgan fingerprint density at radius 1 is 1.00 bits per heavy atom. The SMILES string of the molecule is C1=CC2CCC(NCCCc3ccccc3)C2C=C1. The molecular weight excluding hydrogens is 230 g/mol. The van der Waals surface area contributed by atoms with E-state index in [2.05, 4.69) is 60.0 Å². The molecule has 1 saturated carbocycles. The van der Waals surface area contributed by atoms with Crippen molar-refractivity contribution in [3.63, 3.8) is 0 Å². The van der Waals surface area contributed by atoms with E-state index < -0.39 is 0 Å². The first-order chi connectivity index (χ1) is 9.43. The maximum atomic E-state index is 3.77. The fourth-order valence-electron chi connectivity index (χ4n) is 3.42. The summed E-state index contributed by atoms with van der Waals surface area (Å²) < 4.78 is 0. The molecule has 2 aliphatic carbocycles. The molecule has 2 aliphatic rings. The highest BCUT2D eigenvalue weighted by atomic mass is 14.9. The highest BCUT2D eigenvalue weighted by molar-refractivity contribution is 5.19. The Bertz CT molecular complexity index is 446. The predicted octanol–water partition coefficient (Wildman–Crippen LogP) is 3.73. The van der Waals surface area contributed by atoms with Gasteiger partial charge < -0.3 is 5.32 Å². The van der Waals surface area contributed by atoms with Gasteiger partial charge in [-0.25, -0.2) is 0 Å². The summed E-state index contributed by atoms with van der Waals surface area (Å²) in [6, 6.07) is 11.5. The molecule has 0 heterocycles. The lowest BCUT2D eigenvalue weighted by atomic mass is 9.90. The molecule has 1 aromatic carbocycles. The van der Waals surface area contributed by atoms with Crippen LogP contribution in [0.25, 0.3) is 0 Å². The molecule has 1 heteroatoms. The molecule has 0 saturated heterocycles. The van der Waals surface area contributed by atoms with Gasteiger partial charge in [0.05, 0.1) is 0 Å². The van der Waals surface area contributed by atoms with E-state index in [1.54, 1.807) is 0 Å². The van der Waals surface area contributed by atoms with Gasteiger partial charge in [0.2, 0.25) is 0 Å². The van der Waals surface area contributed by atoms with Gasteiger partial charge >= 0.3 is 0 Å². The molecule has 1 nitrogen and oxygen atoms in total. The lowest BCUT2D eigenvalue weighted by Crippen LogP contribution is -2.34. The number of benzene rings is 1. The first-order valence-electron chi connectivity index (χ1n) is 7.56.